The van der Waals surface area contributed by atoms with Crippen LogP contribution in [0.25, 0.3) is 0 Å². The smallest absolute Gasteiger partial charge is 0.107 e. The maximum absolute atomic E-state index is 4.46. The van der Waals surface area contributed by atoms with Gasteiger partial charge in [0, 0.05) is 36.2 Å². The van der Waals surface area contributed by atoms with Crippen molar-refractivity contribution < 1.29 is 0 Å². The lowest BCUT2D eigenvalue weighted by atomic mass is 9.95. The zero-order chi connectivity index (χ0) is 14.7. The summed E-state index contributed by atoms with van der Waals surface area (Å²) in [7, 11) is 0. The molecule has 4 heteroatoms. The SMILES string of the molecule is CC1(C)CN(Cc2nccs2)C(Cc2ccccc2)CN1. The van der Waals surface area contributed by atoms with Crippen molar-refractivity contribution in [2.45, 2.75) is 38.4 Å². The summed E-state index contributed by atoms with van der Waals surface area (Å²) in [6.45, 7) is 7.61. The summed E-state index contributed by atoms with van der Waals surface area (Å²) >= 11 is 1.75. The van der Waals surface area contributed by atoms with Crippen LogP contribution in [0.1, 0.15) is 24.4 Å². The Balaban J connectivity index is 1.73. The Morgan fingerprint density at radius 3 is 2.86 bits per heavy atom. The summed E-state index contributed by atoms with van der Waals surface area (Å²) in [6, 6.07) is 11.3. The highest BCUT2D eigenvalue weighted by molar-refractivity contribution is 7.09. The van der Waals surface area contributed by atoms with Gasteiger partial charge in [0.15, 0.2) is 0 Å². The van der Waals surface area contributed by atoms with Gasteiger partial charge in [0.1, 0.15) is 5.01 Å². The van der Waals surface area contributed by atoms with Gasteiger partial charge >= 0.3 is 0 Å². The Labute approximate surface area is 131 Å². The van der Waals surface area contributed by atoms with E-state index < -0.39 is 0 Å². The molecule has 0 spiro atoms. The third kappa shape index (κ3) is 3.90. The highest BCUT2D eigenvalue weighted by Gasteiger charge is 2.32. The molecule has 2 aromatic rings. The van der Waals surface area contributed by atoms with Gasteiger partial charge in [0.05, 0.1) is 6.54 Å². The van der Waals surface area contributed by atoms with E-state index in [2.05, 4.69) is 64.8 Å². The van der Waals surface area contributed by atoms with Crippen LogP contribution in [0.5, 0.6) is 0 Å². The van der Waals surface area contributed by atoms with E-state index in [1.165, 1.54) is 10.6 Å². The number of piperazine rings is 1. The molecule has 3 nitrogen and oxygen atoms in total. The van der Waals surface area contributed by atoms with Gasteiger partial charge < -0.3 is 5.32 Å². The number of benzene rings is 1. The van der Waals surface area contributed by atoms with E-state index in [0.717, 1.165) is 26.1 Å². The Kier molecular flexibility index (Phi) is 4.38. The molecule has 1 aromatic heterocycles. The van der Waals surface area contributed by atoms with Crippen molar-refractivity contribution in [1.82, 2.24) is 15.2 Å². The Morgan fingerprint density at radius 2 is 2.14 bits per heavy atom. The van der Waals surface area contributed by atoms with Gasteiger partial charge in [0.25, 0.3) is 0 Å². The zero-order valence-corrected chi connectivity index (χ0v) is 13.6. The molecule has 1 unspecified atom stereocenters. The Morgan fingerprint density at radius 1 is 1.33 bits per heavy atom. The summed E-state index contributed by atoms with van der Waals surface area (Å²) in [4.78, 5) is 7.04. The van der Waals surface area contributed by atoms with Crippen LogP contribution in [0.15, 0.2) is 41.9 Å². The van der Waals surface area contributed by atoms with Crippen molar-refractivity contribution in [1.29, 1.82) is 0 Å². The minimum absolute atomic E-state index is 0.171. The third-order valence-electron chi connectivity index (χ3n) is 4.07. The molecule has 1 aromatic carbocycles. The minimum Gasteiger partial charge on any atom is -0.309 e. The van der Waals surface area contributed by atoms with Gasteiger partial charge in [-0.15, -0.1) is 11.3 Å². The van der Waals surface area contributed by atoms with Crippen molar-refractivity contribution in [3.63, 3.8) is 0 Å². The fourth-order valence-corrected chi connectivity index (χ4v) is 3.63. The molecule has 3 rings (SSSR count). The number of nitrogens with zero attached hydrogens (tertiary/aromatic N) is 2. The van der Waals surface area contributed by atoms with Gasteiger partial charge in [-0.3, -0.25) is 4.90 Å². The molecule has 112 valence electrons. The predicted octanol–water partition coefficient (Wildman–Crippen LogP) is 2.94. The second-order valence-corrected chi connectivity index (χ2v) is 7.42. The topological polar surface area (TPSA) is 28.2 Å². The zero-order valence-electron chi connectivity index (χ0n) is 12.7. The Hall–Kier alpha value is -1.23. The van der Waals surface area contributed by atoms with Crippen LogP contribution in [-0.2, 0) is 13.0 Å². The molecule has 1 saturated heterocycles. The number of aromatic nitrogens is 1. The molecule has 21 heavy (non-hydrogen) atoms. The maximum Gasteiger partial charge on any atom is 0.107 e. The Bertz CT molecular complexity index is 551. The molecular formula is C17H23N3S. The van der Waals surface area contributed by atoms with Crippen LogP contribution in [0.4, 0.5) is 0 Å². The molecule has 1 atom stereocenters. The number of thiazole rings is 1. The third-order valence-corrected chi connectivity index (χ3v) is 4.83. The van der Waals surface area contributed by atoms with Crippen molar-refractivity contribution in [3.05, 3.63) is 52.5 Å². The molecule has 1 N–H and O–H groups in total. The molecule has 1 fully saturated rings. The number of hydrogen-bond acceptors (Lipinski definition) is 4. The second kappa shape index (κ2) is 6.26. The lowest BCUT2D eigenvalue weighted by molar-refractivity contribution is 0.0879. The number of rotatable bonds is 4. The van der Waals surface area contributed by atoms with Gasteiger partial charge in [-0.25, -0.2) is 4.98 Å². The van der Waals surface area contributed by atoms with Gasteiger partial charge in [-0.05, 0) is 25.8 Å². The molecule has 1 aliphatic rings. The van der Waals surface area contributed by atoms with E-state index in [4.69, 9.17) is 0 Å². The van der Waals surface area contributed by atoms with E-state index in [9.17, 15) is 0 Å². The van der Waals surface area contributed by atoms with Crippen LogP contribution in [-0.4, -0.2) is 34.6 Å². The van der Waals surface area contributed by atoms with E-state index in [0.29, 0.717) is 6.04 Å². The van der Waals surface area contributed by atoms with Gasteiger partial charge in [-0.1, -0.05) is 30.3 Å². The molecular weight excluding hydrogens is 278 g/mol. The highest BCUT2D eigenvalue weighted by Crippen LogP contribution is 2.21. The first-order chi connectivity index (χ1) is 10.1. The largest absolute Gasteiger partial charge is 0.309 e. The fourth-order valence-electron chi connectivity index (χ4n) is 2.99. The first kappa shape index (κ1) is 14.7. The van der Waals surface area contributed by atoms with Crippen LogP contribution in [0, 0.1) is 0 Å². The van der Waals surface area contributed by atoms with Crippen molar-refractivity contribution in [2.24, 2.45) is 0 Å². The molecule has 1 aliphatic heterocycles. The van der Waals surface area contributed by atoms with Crippen LogP contribution >= 0.6 is 11.3 Å². The molecule has 0 radical (unpaired) electrons. The average molecular weight is 301 g/mol. The average Bonchev–Trinajstić information content (AvgIpc) is 2.96. The standard InChI is InChI=1S/C17H23N3S/c1-17(2)13-20(12-16-18-8-9-21-16)15(11-19-17)10-14-6-4-3-5-7-14/h3-9,15,19H,10-13H2,1-2H3. The summed E-state index contributed by atoms with van der Waals surface area (Å²) < 4.78 is 0. The molecule has 0 amide bonds. The normalized spacial score (nSPS) is 22.3. The first-order valence-electron chi connectivity index (χ1n) is 7.54. The highest BCUT2D eigenvalue weighted by atomic mass is 32.1. The van der Waals surface area contributed by atoms with Crippen LogP contribution < -0.4 is 5.32 Å². The summed E-state index contributed by atoms with van der Waals surface area (Å²) in [5, 5.41) is 6.96. The summed E-state index contributed by atoms with van der Waals surface area (Å²) in [5.41, 5.74) is 1.58. The van der Waals surface area contributed by atoms with Crippen molar-refractivity contribution >= 4 is 11.3 Å². The number of hydrogen-bond donors (Lipinski definition) is 1. The van der Waals surface area contributed by atoms with E-state index in [-0.39, 0.29) is 5.54 Å². The van der Waals surface area contributed by atoms with Gasteiger partial charge in [-0.2, -0.15) is 0 Å². The fraction of sp³-hybridized carbons (Fsp3) is 0.471. The van der Waals surface area contributed by atoms with Crippen molar-refractivity contribution in [2.75, 3.05) is 13.1 Å². The molecule has 0 bridgehead atoms. The quantitative estimate of drug-likeness (QED) is 0.941. The van der Waals surface area contributed by atoms with E-state index in [1.54, 1.807) is 11.3 Å². The first-order valence-corrected chi connectivity index (χ1v) is 8.42. The number of nitrogens with one attached hydrogen (secondary N) is 1. The predicted molar refractivity (Wildman–Crippen MR) is 88.5 cm³/mol. The second-order valence-electron chi connectivity index (χ2n) is 6.44. The van der Waals surface area contributed by atoms with E-state index >= 15 is 0 Å². The lowest BCUT2D eigenvalue weighted by Crippen LogP contribution is -2.61. The molecule has 2 heterocycles. The van der Waals surface area contributed by atoms with E-state index in [1.807, 2.05) is 6.20 Å². The summed E-state index contributed by atoms with van der Waals surface area (Å²) in [5.74, 6) is 0. The van der Waals surface area contributed by atoms with Crippen LogP contribution in [0.3, 0.4) is 0 Å². The lowest BCUT2D eigenvalue weighted by Gasteiger charge is -2.44. The monoisotopic (exact) mass is 301 g/mol. The van der Waals surface area contributed by atoms with Crippen LogP contribution in [0.2, 0.25) is 0 Å². The maximum atomic E-state index is 4.46. The molecule has 0 saturated carbocycles. The summed E-state index contributed by atoms with van der Waals surface area (Å²) in [6.07, 6.45) is 2.99. The van der Waals surface area contributed by atoms with Crippen molar-refractivity contribution in [3.8, 4) is 0 Å². The van der Waals surface area contributed by atoms with Gasteiger partial charge in [0.2, 0.25) is 0 Å². The minimum atomic E-state index is 0.171. The molecule has 0 aliphatic carbocycles.